The number of allylic oxidation sites excluding steroid dienone is 26. The molecule has 0 aromatic carbocycles. The first-order valence-electron chi connectivity index (χ1n) is 36.6. The molecular weight excluding hydrogens is 1130 g/mol. The summed E-state index contributed by atoms with van der Waals surface area (Å²) < 4.78 is 22.7. The van der Waals surface area contributed by atoms with E-state index in [9.17, 15) is 19.5 Å². The van der Waals surface area contributed by atoms with E-state index in [4.69, 9.17) is 18.9 Å². The molecule has 0 aliphatic carbocycles. The highest BCUT2D eigenvalue weighted by Gasteiger charge is 2.22. The van der Waals surface area contributed by atoms with Crippen LogP contribution in [0.15, 0.2) is 158 Å². The van der Waals surface area contributed by atoms with Crippen LogP contribution in [0.5, 0.6) is 0 Å². The van der Waals surface area contributed by atoms with Gasteiger partial charge in [0.15, 0.2) is 12.4 Å². The molecule has 0 radical (unpaired) electrons. The van der Waals surface area contributed by atoms with Gasteiger partial charge in [0.1, 0.15) is 13.2 Å². The van der Waals surface area contributed by atoms with Crippen molar-refractivity contribution in [1.82, 2.24) is 0 Å². The van der Waals surface area contributed by atoms with E-state index >= 15 is 0 Å². The van der Waals surface area contributed by atoms with E-state index in [0.717, 1.165) is 109 Å². The molecule has 0 aromatic heterocycles. The largest absolute Gasteiger partial charge is 0.545 e. The molecule has 2 unspecified atom stereocenters. The molecule has 0 heterocycles. The lowest BCUT2D eigenvalue weighted by atomic mass is 10.0. The molecule has 9 heteroatoms. The minimum Gasteiger partial charge on any atom is -0.545 e. The molecule has 516 valence electrons. The molecule has 2 atom stereocenters. The molecule has 0 N–H and O–H groups in total. The van der Waals surface area contributed by atoms with Crippen molar-refractivity contribution >= 4 is 17.9 Å². The highest BCUT2D eigenvalue weighted by atomic mass is 16.7. The van der Waals surface area contributed by atoms with Crippen LogP contribution in [0.1, 0.15) is 284 Å². The van der Waals surface area contributed by atoms with Crippen molar-refractivity contribution in [2.24, 2.45) is 0 Å². The number of ether oxygens (including phenoxy) is 4. The van der Waals surface area contributed by atoms with Gasteiger partial charge in [0.2, 0.25) is 0 Å². The summed E-state index contributed by atoms with van der Waals surface area (Å²) in [5.41, 5.74) is 0. The number of rotatable bonds is 66. The highest BCUT2D eigenvalue weighted by molar-refractivity contribution is 5.70. The van der Waals surface area contributed by atoms with Gasteiger partial charge >= 0.3 is 11.9 Å². The molecule has 0 aromatic rings. The molecule has 0 aliphatic heterocycles. The number of hydrogen-bond acceptors (Lipinski definition) is 8. The Morgan fingerprint density at radius 3 is 0.956 bits per heavy atom. The number of esters is 2. The average Bonchev–Trinajstić information content (AvgIpc) is 3.46. The number of carbonyl (C=O) groups excluding carboxylic acids is 3. The van der Waals surface area contributed by atoms with E-state index in [1.54, 1.807) is 0 Å². The molecular formula is C82H135NO8. The Morgan fingerprint density at radius 2 is 0.626 bits per heavy atom. The second-order valence-electron chi connectivity index (χ2n) is 25.1. The number of quaternary nitrogens is 1. The topological polar surface area (TPSA) is 111 Å². The third kappa shape index (κ3) is 72.2. The lowest BCUT2D eigenvalue weighted by Gasteiger charge is -2.26. The number of carboxylic acids is 1. The number of nitrogens with zero attached hydrogens (tertiary/aromatic N) is 1. The zero-order valence-electron chi connectivity index (χ0n) is 58.9. The van der Waals surface area contributed by atoms with E-state index in [1.807, 2.05) is 21.1 Å². The average molecular weight is 1260 g/mol. The fraction of sp³-hybridized carbons (Fsp3) is 0.646. The lowest BCUT2D eigenvalue weighted by molar-refractivity contribution is -0.870. The Morgan fingerprint density at radius 1 is 0.341 bits per heavy atom. The summed E-state index contributed by atoms with van der Waals surface area (Å²) in [7, 11) is 5.91. The smallest absolute Gasteiger partial charge is 0.306 e. The van der Waals surface area contributed by atoms with Crippen LogP contribution in [0.3, 0.4) is 0 Å². The molecule has 0 aliphatic rings. The van der Waals surface area contributed by atoms with Gasteiger partial charge in [-0.25, -0.2) is 0 Å². The van der Waals surface area contributed by atoms with Crippen LogP contribution in [-0.2, 0) is 33.3 Å². The molecule has 0 bridgehead atoms. The maximum atomic E-state index is 12.9. The Kier molecular flexibility index (Phi) is 66.8. The number of aliphatic carboxylic acids is 1. The Labute approximate surface area is 559 Å². The van der Waals surface area contributed by atoms with Gasteiger partial charge in [0, 0.05) is 12.8 Å². The van der Waals surface area contributed by atoms with Gasteiger partial charge in [-0.2, -0.15) is 0 Å². The fourth-order valence-electron chi connectivity index (χ4n) is 9.69. The van der Waals surface area contributed by atoms with Gasteiger partial charge in [-0.15, -0.1) is 0 Å². The molecule has 0 fully saturated rings. The van der Waals surface area contributed by atoms with E-state index in [1.165, 1.54) is 141 Å². The van der Waals surface area contributed by atoms with Crippen LogP contribution < -0.4 is 5.11 Å². The Hall–Kier alpha value is -5.09. The number of likely N-dealkylation sites (N-methyl/N-ethyl adjacent to an activating group) is 1. The second-order valence-corrected chi connectivity index (χ2v) is 25.1. The van der Waals surface area contributed by atoms with E-state index < -0.39 is 24.3 Å². The molecule has 0 rings (SSSR count). The van der Waals surface area contributed by atoms with Gasteiger partial charge in [-0.3, -0.25) is 9.59 Å². The molecule has 0 amide bonds. The van der Waals surface area contributed by atoms with Crippen LogP contribution in [0, 0.1) is 0 Å². The number of carboxylic acid groups (broad SMARTS) is 1. The van der Waals surface area contributed by atoms with Crippen molar-refractivity contribution in [1.29, 1.82) is 0 Å². The van der Waals surface area contributed by atoms with E-state index in [0.29, 0.717) is 17.4 Å². The number of carbonyl (C=O) groups is 3. The zero-order valence-corrected chi connectivity index (χ0v) is 58.9. The van der Waals surface area contributed by atoms with Crippen molar-refractivity contribution in [3.8, 4) is 0 Å². The monoisotopic (exact) mass is 1260 g/mol. The first-order valence-corrected chi connectivity index (χ1v) is 36.6. The molecule has 91 heavy (non-hydrogen) atoms. The number of unbranched alkanes of at least 4 members (excludes halogenated alkanes) is 25. The van der Waals surface area contributed by atoms with Crippen molar-refractivity contribution in [3.05, 3.63) is 158 Å². The lowest BCUT2D eigenvalue weighted by Crippen LogP contribution is -2.44. The summed E-state index contributed by atoms with van der Waals surface area (Å²) in [6.45, 7) is 4.57. The van der Waals surface area contributed by atoms with E-state index in [-0.39, 0.29) is 38.6 Å². The third-order valence-electron chi connectivity index (χ3n) is 15.3. The molecule has 0 saturated heterocycles. The summed E-state index contributed by atoms with van der Waals surface area (Å²) >= 11 is 0. The standard InChI is InChI=1S/C82H135NO8/c1-6-8-10-12-14-16-18-20-22-24-26-28-30-32-34-36-38-40-42-44-46-48-50-52-54-56-58-60-62-64-66-68-70-72-79(84)89-76-78(77-90-82(81(86)87)88-75-74-83(3,4)5)91-80(85)73-71-69-67-65-63-61-59-57-55-53-51-49-47-45-43-41-39-37-35-33-31-29-27-25-23-21-19-17-15-13-11-9-7-2/h9,11,15,17-18,20-21,23-24,26-27,29-30,32-33,35,39,41,45,47,51,53,57,59,63,65,78,82H,6-8,10,12-14,16,19,22,25,28,31,34,36-38,40,42-44,46,48-50,52,54-56,58,60-62,64,66-77H2,1-5H3/b11-9-,17-15-,20-18-,23-21-,26-24-,29-27-,32-30-,35-33-,41-39-,47-45-,53-51-,59-57-,65-63-. The van der Waals surface area contributed by atoms with Gasteiger partial charge in [-0.05, 0) is 128 Å². The summed E-state index contributed by atoms with van der Waals surface area (Å²) in [4.78, 5) is 37.5. The third-order valence-corrected chi connectivity index (χ3v) is 15.3. The normalized spacial score (nSPS) is 13.6. The van der Waals surface area contributed by atoms with Crippen LogP contribution in [0.4, 0.5) is 0 Å². The van der Waals surface area contributed by atoms with Crippen molar-refractivity contribution in [3.63, 3.8) is 0 Å². The maximum Gasteiger partial charge on any atom is 0.306 e. The Bertz CT molecular complexity index is 2060. The zero-order chi connectivity index (χ0) is 66.1. The van der Waals surface area contributed by atoms with Gasteiger partial charge < -0.3 is 33.3 Å². The SMILES string of the molecule is CC/C=C\C/C=C\C/C=C\C/C=C\C/C=C\C/C=C\C/C=C\C/C=C\C/C=C\C/C=C\CCCCC(=O)OC(COC(=O)CCCCCCCCCCCCCCCCCCCC/C=C\C/C=C\C/C=C\CCCCCCC)COC(OCC[N+](C)(C)C)C(=O)[O-]. The highest BCUT2D eigenvalue weighted by Crippen LogP contribution is 2.16. The van der Waals surface area contributed by atoms with Crippen molar-refractivity contribution in [2.75, 3.05) is 47.5 Å². The predicted molar refractivity (Wildman–Crippen MR) is 389 cm³/mol. The second kappa shape index (κ2) is 70.8. The van der Waals surface area contributed by atoms with Gasteiger partial charge in [-0.1, -0.05) is 300 Å². The van der Waals surface area contributed by atoms with Crippen molar-refractivity contribution in [2.45, 2.75) is 296 Å². The molecule has 9 nitrogen and oxygen atoms in total. The summed E-state index contributed by atoms with van der Waals surface area (Å²) in [5, 5.41) is 11.8. The minimum atomic E-state index is -1.64. The summed E-state index contributed by atoms with van der Waals surface area (Å²) in [6, 6.07) is 0. The van der Waals surface area contributed by atoms with Crippen molar-refractivity contribution < 1.29 is 42.9 Å². The summed E-state index contributed by atoms with van der Waals surface area (Å²) in [5.74, 6) is -2.35. The fourth-order valence-corrected chi connectivity index (χ4v) is 9.69. The molecule has 0 spiro atoms. The first-order chi connectivity index (χ1) is 44.6. The van der Waals surface area contributed by atoms with Gasteiger partial charge in [0.25, 0.3) is 0 Å². The van der Waals surface area contributed by atoms with Crippen LogP contribution in [0.2, 0.25) is 0 Å². The first kappa shape index (κ1) is 85.9. The minimum absolute atomic E-state index is 0.131. The predicted octanol–water partition coefficient (Wildman–Crippen LogP) is 21.9. The van der Waals surface area contributed by atoms with Gasteiger partial charge in [0.05, 0.1) is 40.3 Å². The maximum absolute atomic E-state index is 12.9. The van der Waals surface area contributed by atoms with Crippen LogP contribution in [0.25, 0.3) is 0 Å². The molecule has 0 saturated carbocycles. The van der Waals surface area contributed by atoms with E-state index in [2.05, 4.69) is 172 Å². The Balaban J connectivity index is 4.21. The van der Waals surface area contributed by atoms with Crippen LogP contribution in [-0.4, -0.2) is 82.3 Å². The quantitative estimate of drug-likeness (QED) is 0.0195. The summed E-state index contributed by atoms with van der Waals surface area (Å²) in [6.07, 6.45) is 102. The number of hydrogen-bond donors (Lipinski definition) is 0. The van der Waals surface area contributed by atoms with Crippen LogP contribution >= 0.6 is 0 Å².